The number of aliphatic carboxylic acids is 1. The fourth-order valence-corrected chi connectivity index (χ4v) is 3.99. The first-order chi connectivity index (χ1) is 19.4. The average molecular weight is 570 g/mol. The molecule has 0 aliphatic heterocycles. The van der Waals surface area contributed by atoms with Gasteiger partial charge in [-0.1, -0.05) is 30.3 Å². The van der Waals surface area contributed by atoms with Crippen LogP contribution < -0.4 is 20.1 Å². The van der Waals surface area contributed by atoms with E-state index in [1.165, 1.54) is 0 Å². The Morgan fingerprint density at radius 3 is 2.41 bits per heavy atom. The zero-order chi connectivity index (χ0) is 28.3. The Morgan fingerprint density at radius 1 is 0.951 bits per heavy atom. The molecule has 0 saturated carbocycles. The number of hydrogen-bond acceptors (Lipinski definition) is 8. The summed E-state index contributed by atoms with van der Waals surface area (Å²) in [5.41, 5.74) is 1.81. The van der Waals surface area contributed by atoms with E-state index in [4.69, 9.17) is 14.6 Å². The van der Waals surface area contributed by atoms with Crippen LogP contribution in [-0.2, 0) is 11.2 Å². The SMILES string of the molecule is O=C(O)CNC(=O)c1ccc2c(Oc3ccc(C[C@@H](CO)NC[C@H](O)COc4ccccc4)cc3)ccnc2c1.[NaH]. The van der Waals surface area contributed by atoms with Crippen molar-refractivity contribution < 1.29 is 34.4 Å². The number of para-hydroxylation sites is 1. The normalized spacial score (nSPS) is 12.1. The molecule has 10 nitrogen and oxygen atoms in total. The number of nitrogens with one attached hydrogen (secondary N) is 2. The number of nitrogens with zero attached hydrogens (tertiary/aromatic N) is 1. The van der Waals surface area contributed by atoms with Crippen molar-refractivity contribution in [1.82, 2.24) is 15.6 Å². The molecule has 0 radical (unpaired) electrons. The van der Waals surface area contributed by atoms with Gasteiger partial charge in [0.05, 0.1) is 12.1 Å². The van der Waals surface area contributed by atoms with Gasteiger partial charge in [0, 0.05) is 29.7 Å². The number of rotatable bonds is 14. The van der Waals surface area contributed by atoms with E-state index in [9.17, 15) is 19.8 Å². The average Bonchev–Trinajstić information content (AvgIpc) is 2.98. The van der Waals surface area contributed by atoms with Gasteiger partial charge in [-0.05, 0) is 60.5 Å². The predicted molar refractivity (Wildman–Crippen MR) is 156 cm³/mol. The van der Waals surface area contributed by atoms with Crippen molar-refractivity contribution in [2.24, 2.45) is 0 Å². The number of carbonyl (C=O) groups is 2. The van der Waals surface area contributed by atoms with E-state index in [0.29, 0.717) is 40.1 Å². The topological polar surface area (TPSA) is 150 Å². The van der Waals surface area contributed by atoms with Crippen LogP contribution in [0.25, 0.3) is 10.9 Å². The molecule has 2 atom stereocenters. The second-order valence-electron chi connectivity index (χ2n) is 9.13. The molecule has 1 amide bonds. The van der Waals surface area contributed by atoms with Gasteiger partial charge in [0.1, 0.15) is 36.5 Å². The van der Waals surface area contributed by atoms with E-state index >= 15 is 0 Å². The van der Waals surface area contributed by atoms with Crippen LogP contribution in [0.4, 0.5) is 0 Å². The molecule has 3 aromatic carbocycles. The van der Waals surface area contributed by atoms with Crippen molar-refractivity contribution in [2.75, 3.05) is 26.3 Å². The molecule has 0 aliphatic rings. The molecule has 41 heavy (non-hydrogen) atoms. The van der Waals surface area contributed by atoms with Crippen LogP contribution in [0.1, 0.15) is 15.9 Å². The van der Waals surface area contributed by atoms with Gasteiger partial charge in [-0.2, -0.15) is 0 Å². The summed E-state index contributed by atoms with van der Waals surface area (Å²) in [5.74, 6) is 0.213. The monoisotopic (exact) mass is 569 g/mol. The molecule has 0 aliphatic carbocycles. The third kappa shape index (κ3) is 9.82. The molecule has 4 rings (SSSR count). The van der Waals surface area contributed by atoms with Crippen molar-refractivity contribution in [2.45, 2.75) is 18.6 Å². The van der Waals surface area contributed by atoms with E-state index in [2.05, 4.69) is 15.6 Å². The zero-order valence-electron chi connectivity index (χ0n) is 21.7. The van der Waals surface area contributed by atoms with Crippen molar-refractivity contribution in [3.8, 4) is 17.2 Å². The second-order valence-corrected chi connectivity index (χ2v) is 9.13. The minimum absolute atomic E-state index is 0. The van der Waals surface area contributed by atoms with E-state index in [-0.39, 0.29) is 55.4 Å². The first kappa shape index (κ1) is 32.0. The molecule has 0 unspecified atom stereocenters. The second kappa shape index (κ2) is 16.1. The number of hydrogen-bond donors (Lipinski definition) is 5. The summed E-state index contributed by atoms with van der Waals surface area (Å²) in [5, 5.41) is 35.0. The minimum atomic E-state index is -1.12. The van der Waals surface area contributed by atoms with Gasteiger partial charge in [-0.25, -0.2) is 0 Å². The first-order valence-corrected chi connectivity index (χ1v) is 12.8. The van der Waals surface area contributed by atoms with Crippen LogP contribution in [-0.4, -0.2) is 100 Å². The number of aromatic nitrogens is 1. The van der Waals surface area contributed by atoms with Crippen LogP contribution in [0, 0.1) is 0 Å². The Morgan fingerprint density at radius 2 is 1.71 bits per heavy atom. The number of aliphatic hydroxyl groups excluding tert-OH is 2. The number of carbonyl (C=O) groups excluding carboxylic acids is 1. The van der Waals surface area contributed by atoms with Crippen molar-refractivity contribution in [1.29, 1.82) is 0 Å². The summed E-state index contributed by atoms with van der Waals surface area (Å²) < 4.78 is 11.6. The standard InChI is InChI=1S/C30H31N3O7.Na.H/c34-18-22(32-16-23(35)19-39-24-4-2-1-3-5-24)14-20-6-9-25(10-7-20)40-28-12-13-31-27-15-21(8-11-26(27)28)30(38)33-17-29(36)37;;/h1-13,15,22-23,32,34-35H,14,16-19H2,(H,33,38)(H,36,37);;/t22-,23-;;/m0../s1. The van der Waals surface area contributed by atoms with Crippen LogP contribution in [0.3, 0.4) is 0 Å². The summed E-state index contributed by atoms with van der Waals surface area (Å²) >= 11 is 0. The summed E-state index contributed by atoms with van der Waals surface area (Å²) in [6.07, 6.45) is 1.39. The van der Waals surface area contributed by atoms with Gasteiger partial charge in [0.2, 0.25) is 0 Å². The molecule has 4 aromatic rings. The van der Waals surface area contributed by atoms with Crippen LogP contribution in [0.2, 0.25) is 0 Å². The fourth-order valence-electron chi connectivity index (χ4n) is 3.99. The molecule has 0 saturated heterocycles. The van der Waals surface area contributed by atoms with Crippen molar-refractivity contribution >= 4 is 52.3 Å². The maximum absolute atomic E-state index is 12.2. The van der Waals surface area contributed by atoms with Crippen LogP contribution in [0.5, 0.6) is 17.2 Å². The summed E-state index contributed by atoms with van der Waals surface area (Å²) in [6, 6.07) is 23.1. The zero-order valence-corrected chi connectivity index (χ0v) is 21.7. The predicted octanol–water partition coefficient (Wildman–Crippen LogP) is 2.13. The molecule has 0 bridgehead atoms. The Balaban J connectivity index is 0.00000462. The maximum atomic E-state index is 12.2. The number of benzene rings is 3. The molecule has 5 N–H and O–H groups in total. The molecule has 1 heterocycles. The van der Waals surface area contributed by atoms with Crippen molar-refractivity contribution in [3.05, 3.63) is 96.2 Å². The number of carboxylic acids is 1. The van der Waals surface area contributed by atoms with E-state index in [1.54, 1.807) is 30.5 Å². The summed E-state index contributed by atoms with van der Waals surface area (Å²) in [7, 11) is 0. The van der Waals surface area contributed by atoms with Gasteiger partial charge in [0.25, 0.3) is 5.91 Å². The Kier molecular flexibility index (Phi) is 12.5. The quantitative estimate of drug-likeness (QED) is 0.144. The third-order valence-corrected chi connectivity index (χ3v) is 6.05. The van der Waals surface area contributed by atoms with E-state index < -0.39 is 24.5 Å². The Hall–Kier alpha value is -3.51. The Labute approximate surface area is 259 Å². The number of amides is 1. The van der Waals surface area contributed by atoms with E-state index in [1.807, 2.05) is 54.6 Å². The van der Waals surface area contributed by atoms with Gasteiger partial charge in [-0.15, -0.1) is 0 Å². The number of pyridine rings is 1. The summed E-state index contributed by atoms with van der Waals surface area (Å²) in [4.78, 5) is 27.2. The molecular weight excluding hydrogens is 537 g/mol. The van der Waals surface area contributed by atoms with Crippen molar-refractivity contribution in [3.63, 3.8) is 0 Å². The number of ether oxygens (including phenoxy) is 2. The van der Waals surface area contributed by atoms with Crippen LogP contribution >= 0.6 is 0 Å². The number of fused-ring (bicyclic) bond motifs is 1. The summed E-state index contributed by atoms with van der Waals surface area (Å²) in [6.45, 7) is -0.143. The van der Waals surface area contributed by atoms with Gasteiger partial charge in [-0.3, -0.25) is 14.6 Å². The van der Waals surface area contributed by atoms with Gasteiger partial charge < -0.3 is 35.4 Å². The molecule has 210 valence electrons. The first-order valence-electron chi connectivity index (χ1n) is 12.8. The van der Waals surface area contributed by atoms with Crippen LogP contribution in [0.15, 0.2) is 85.1 Å². The van der Waals surface area contributed by atoms with Gasteiger partial charge >= 0.3 is 35.5 Å². The third-order valence-electron chi connectivity index (χ3n) is 6.05. The fraction of sp³-hybridized carbons (Fsp3) is 0.233. The molecular formula is C30H32N3NaO7. The van der Waals surface area contributed by atoms with Gasteiger partial charge in [0.15, 0.2) is 0 Å². The Bertz CT molecular complexity index is 1420. The molecule has 11 heteroatoms. The molecule has 1 aromatic heterocycles. The van der Waals surface area contributed by atoms with E-state index in [0.717, 1.165) is 5.56 Å². The molecule has 0 fully saturated rings. The number of aliphatic hydroxyl groups is 2. The molecule has 0 spiro atoms. The number of carboxylic acid groups (broad SMARTS) is 1.